The van der Waals surface area contributed by atoms with E-state index in [4.69, 9.17) is 14.2 Å². The number of carboxylic acid groups (broad SMARTS) is 4. The van der Waals surface area contributed by atoms with Crippen LogP contribution in [0, 0.1) is 39.9 Å². The van der Waals surface area contributed by atoms with E-state index in [0.29, 0.717) is 51.6 Å². The molecule has 0 bridgehead atoms. The monoisotopic (exact) mass is 899 g/mol. The maximum absolute atomic E-state index is 12.7. The van der Waals surface area contributed by atoms with Crippen LogP contribution >= 0.6 is 0 Å². The van der Waals surface area contributed by atoms with Crippen molar-refractivity contribution >= 4 is 23.9 Å². The van der Waals surface area contributed by atoms with Crippen LogP contribution in [0.3, 0.4) is 0 Å². The van der Waals surface area contributed by atoms with E-state index in [1.54, 1.807) is 4.90 Å². The van der Waals surface area contributed by atoms with Crippen molar-refractivity contribution in [2.24, 2.45) is 0 Å². The van der Waals surface area contributed by atoms with Crippen molar-refractivity contribution in [2.45, 2.75) is 50.4 Å². The molecular formula is C34H53GdN4O14. The third kappa shape index (κ3) is 17.5. The van der Waals surface area contributed by atoms with Crippen LogP contribution < -0.4 is 20.1 Å². The molecule has 1 aromatic rings. The number of ether oxygens (including phenoxy) is 3. The predicted molar refractivity (Wildman–Crippen MR) is 178 cm³/mol. The zero-order valence-corrected chi connectivity index (χ0v) is 32.3. The molecule has 4 atom stereocenters. The number of nitrogens with zero attached hydrogens (tertiary/aromatic N) is 4. The average molecular weight is 899 g/mol. The second-order valence-electron chi connectivity index (χ2n) is 12.2. The summed E-state index contributed by atoms with van der Waals surface area (Å²) in [6, 6.07) is 1.78. The van der Waals surface area contributed by atoms with Crippen molar-refractivity contribution in [3.05, 3.63) is 29.8 Å². The number of rotatable bonds is 23. The second-order valence-corrected chi connectivity index (χ2v) is 12.2. The number of aryl methyl sites for hydroxylation is 1. The largest absolute Gasteiger partial charge is 3.00 e. The van der Waals surface area contributed by atoms with E-state index in [2.05, 4.69) is 0 Å². The Labute approximate surface area is 341 Å². The van der Waals surface area contributed by atoms with E-state index in [-0.39, 0.29) is 98.7 Å². The van der Waals surface area contributed by atoms with Gasteiger partial charge in [-0.15, -0.1) is 0 Å². The van der Waals surface area contributed by atoms with Crippen molar-refractivity contribution in [3.63, 3.8) is 0 Å². The van der Waals surface area contributed by atoms with Gasteiger partial charge in [0.05, 0.1) is 75.7 Å². The summed E-state index contributed by atoms with van der Waals surface area (Å²) >= 11 is 0. The maximum Gasteiger partial charge on any atom is 3.00 e. The van der Waals surface area contributed by atoms with Crippen LogP contribution in [0.1, 0.15) is 25.3 Å². The van der Waals surface area contributed by atoms with Gasteiger partial charge in [-0.05, 0) is 43.9 Å². The van der Waals surface area contributed by atoms with E-state index in [1.165, 1.54) is 14.7 Å². The standard InChI is InChI=1S/C34H56N4O14.Gd/c1-2-50-18-19-51-20-21-52-26-8-6-25(7-9-26)4-3-5-27(31(42)43)35-10-12-36(28(22-39)32(44)45)14-16-38(30(24-41)34(48)49)17-15-37(13-11-35)29(23-40)33(46)47;/h6-9,27-30,39-41H,2-5,10-24H2,1H3,(H,42,43)(H,44,45)(H,46,47)(H,48,49);/q;+3/p-3/t27-,28?,29?,30?;/m0./s1. The van der Waals surface area contributed by atoms with Crippen molar-refractivity contribution in [1.29, 1.82) is 0 Å². The first-order valence-corrected chi connectivity index (χ1v) is 17.5. The van der Waals surface area contributed by atoms with Crippen molar-refractivity contribution in [2.75, 3.05) is 105 Å². The van der Waals surface area contributed by atoms with Crippen molar-refractivity contribution in [1.82, 2.24) is 19.6 Å². The topological polar surface area (TPSA) is 259 Å². The van der Waals surface area contributed by atoms with Gasteiger partial charge in [0, 0.05) is 59.0 Å². The Morgan fingerprint density at radius 2 is 1.02 bits per heavy atom. The van der Waals surface area contributed by atoms with Gasteiger partial charge in [-0.2, -0.15) is 0 Å². The minimum Gasteiger partial charge on any atom is -0.548 e. The normalized spacial score (nSPS) is 18.0. The van der Waals surface area contributed by atoms with Gasteiger partial charge in [0.15, 0.2) is 0 Å². The first-order valence-electron chi connectivity index (χ1n) is 17.5. The molecule has 4 N–H and O–H groups in total. The van der Waals surface area contributed by atoms with Crippen LogP contribution in [0.4, 0.5) is 0 Å². The molecule has 1 fully saturated rings. The molecule has 1 aromatic carbocycles. The molecule has 0 saturated carbocycles. The van der Waals surface area contributed by atoms with Crippen LogP contribution in [0.15, 0.2) is 24.3 Å². The Morgan fingerprint density at radius 3 is 1.38 bits per heavy atom. The number of benzene rings is 1. The summed E-state index contributed by atoms with van der Waals surface area (Å²) in [6.07, 6.45) is 1.16. The first-order chi connectivity index (χ1) is 25.0. The summed E-state index contributed by atoms with van der Waals surface area (Å²) in [5.74, 6) is -5.29. The van der Waals surface area contributed by atoms with Gasteiger partial charge in [0.1, 0.15) is 18.4 Å². The van der Waals surface area contributed by atoms with Crippen LogP contribution in [-0.2, 0) is 35.1 Å². The molecule has 0 amide bonds. The SMILES string of the molecule is CCOCCOCCOc1ccc(CCC[C@@H](C(=O)O)N2CCN(C(CO)C(=O)[O-])CCN(C(CO)C(=O)[O-])CCN(C(CO)C(=O)[O-])CC2)cc1.[Gd+3]. The van der Waals surface area contributed by atoms with Crippen LogP contribution in [0.25, 0.3) is 0 Å². The number of hydrogen-bond donors (Lipinski definition) is 4. The van der Waals surface area contributed by atoms with Gasteiger partial charge in [0.2, 0.25) is 0 Å². The smallest absolute Gasteiger partial charge is 0.548 e. The molecule has 0 aliphatic carbocycles. The molecule has 18 nitrogen and oxygen atoms in total. The van der Waals surface area contributed by atoms with Gasteiger partial charge in [-0.3, -0.25) is 24.4 Å². The fourth-order valence-corrected chi connectivity index (χ4v) is 6.04. The number of carbonyl (C=O) groups excluding carboxylic acids is 3. The predicted octanol–water partition coefficient (Wildman–Crippen LogP) is -5.55. The number of carboxylic acids is 4. The van der Waals surface area contributed by atoms with Crippen LogP contribution in [0.5, 0.6) is 5.75 Å². The Balaban J connectivity index is 0.0000140. The Kier molecular flexibility index (Phi) is 25.3. The number of carbonyl (C=O) groups is 4. The Bertz CT molecular complexity index is 1180. The minimum absolute atomic E-state index is 0. The molecule has 1 radical (unpaired) electrons. The fourth-order valence-electron chi connectivity index (χ4n) is 6.04. The van der Waals surface area contributed by atoms with E-state index in [9.17, 15) is 54.9 Å². The molecule has 1 aliphatic rings. The molecule has 1 heterocycles. The summed E-state index contributed by atoms with van der Waals surface area (Å²) in [6.45, 7) is 0.944. The number of aliphatic hydroxyl groups excluding tert-OH is 3. The van der Waals surface area contributed by atoms with Gasteiger partial charge in [-0.1, -0.05) is 12.1 Å². The van der Waals surface area contributed by atoms with Gasteiger partial charge >= 0.3 is 45.9 Å². The van der Waals surface area contributed by atoms with Gasteiger partial charge in [-0.25, -0.2) is 0 Å². The minimum atomic E-state index is -1.61. The zero-order chi connectivity index (χ0) is 38.5. The van der Waals surface area contributed by atoms with Gasteiger partial charge in [0.25, 0.3) is 0 Å². The molecule has 3 unspecified atom stereocenters. The summed E-state index contributed by atoms with van der Waals surface area (Å²) < 4.78 is 16.3. The summed E-state index contributed by atoms with van der Waals surface area (Å²) in [4.78, 5) is 53.9. The van der Waals surface area contributed by atoms with Crippen molar-refractivity contribution < 1.29 is 109 Å². The number of hydrogen-bond acceptors (Lipinski definition) is 17. The third-order valence-electron chi connectivity index (χ3n) is 9.02. The summed E-state index contributed by atoms with van der Waals surface area (Å²) in [5, 5.41) is 75.6. The molecule has 0 aromatic heterocycles. The third-order valence-corrected chi connectivity index (χ3v) is 9.02. The van der Waals surface area contributed by atoms with Gasteiger partial charge < -0.3 is 64.3 Å². The molecule has 53 heavy (non-hydrogen) atoms. The Hall–Kier alpha value is -2.14. The zero-order valence-electron chi connectivity index (χ0n) is 30.1. The van der Waals surface area contributed by atoms with E-state index in [1.807, 2.05) is 31.2 Å². The van der Waals surface area contributed by atoms with Crippen LogP contribution in [0.2, 0.25) is 0 Å². The summed E-state index contributed by atoms with van der Waals surface area (Å²) in [7, 11) is 0. The van der Waals surface area contributed by atoms with Crippen LogP contribution in [-0.4, -0.2) is 193 Å². The maximum atomic E-state index is 12.7. The fraction of sp³-hybridized carbons (Fsp3) is 0.706. The van der Waals surface area contributed by atoms with E-state index >= 15 is 0 Å². The molecule has 1 saturated heterocycles. The molecule has 301 valence electrons. The first kappa shape index (κ1) is 48.9. The molecule has 1 aliphatic heterocycles. The molecule has 0 spiro atoms. The van der Waals surface area contributed by atoms with E-state index in [0.717, 1.165) is 5.56 Å². The average Bonchev–Trinajstić information content (AvgIpc) is 3.10. The molecule has 2 rings (SSSR count). The van der Waals surface area contributed by atoms with Crippen molar-refractivity contribution in [3.8, 4) is 5.75 Å². The number of aliphatic carboxylic acids is 4. The van der Waals surface area contributed by atoms with E-state index < -0.39 is 67.9 Å². The second kappa shape index (κ2) is 27.4. The summed E-state index contributed by atoms with van der Waals surface area (Å²) in [5.41, 5.74) is 0.942. The molecular weight excluding hydrogens is 846 g/mol. The number of aliphatic hydroxyl groups is 3. The molecule has 19 heteroatoms. The Morgan fingerprint density at radius 1 is 0.642 bits per heavy atom. The quantitative estimate of drug-likeness (QED) is 0.0747.